The smallest absolute Gasteiger partial charge is 0.369 e. The van der Waals surface area contributed by atoms with Crippen LogP contribution in [0.3, 0.4) is 0 Å². The summed E-state index contributed by atoms with van der Waals surface area (Å²) < 4.78 is 38.5. The number of alkyl halides is 3. The van der Waals surface area contributed by atoms with Crippen molar-refractivity contribution in [3.05, 3.63) is 11.8 Å². The third kappa shape index (κ3) is 4.94. The Bertz CT molecular complexity index is 461. The van der Waals surface area contributed by atoms with E-state index in [0.717, 1.165) is 18.2 Å². The average molecular weight is 320 g/mol. The second kappa shape index (κ2) is 7.20. The van der Waals surface area contributed by atoms with E-state index in [9.17, 15) is 13.2 Å². The minimum Gasteiger partial charge on any atom is -0.369 e. The second-order valence-electron chi connectivity index (χ2n) is 4.86. The molecule has 1 aromatic rings. The minimum absolute atomic E-state index is 0.00567. The topological polar surface area (TPSA) is 49.8 Å². The highest BCUT2D eigenvalue weighted by Crippen LogP contribution is 2.30. The van der Waals surface area contributed by atoms with Crippen molar-refractivity contribution in [2.45, 2.75) is 37.6 Å². The van der Waals surface area contributed by atoms with Crippen LogP contribution in [0.25, 0.3) is 0 Å². The van der Waals surface area contributed by atoms with E-state index in [1.807, 2.05) is 11.8 Å². The van der Waals surface area contributed by atoms with Gasteiger partial charge in [0.15, 0.2) is 5.69 Å². The monoisotopic (exact) mass is 320 g/mol. The minimum atomic E-state index is -4.47. The molecule has 1 aliphatic rings. The van der Waals surface area contributed by atoms with Gasteiger partial charge in [-0.05, 0) is 25.5 Å². The maximum Gasteiger partial charge on any atom is 0.433 e. The van der Waals surface area contributed by atoms with E-state index in [2.05, 4.69) is 20.6 Å². The molecular weight excluding hydrogens is 301 g/mol. The van der Waals surface area contributed by atoms with Gasteiger partial charge in [0.25, 0.3) is 0 Å². The molecule has 2 N–H and O–H groups in total. The highest BCUT2D eigenvalue weighted by molar-refractivity contribution is 7.99. The number of halogens is 3. The van der Waals surface area contributed by atoms with Gasteiger partial charge in [0.1, 0.15) is 5.82 Å². The Morgan fingerprint density at radius 3 is 2.71 bits per heavy atom. The van der Waals surface area contributed by atoms with Gasteiger partial charge in [0.2, 0.25) is 5.95 Å². The molecule has 2 rings (SSSR count). The third-order valence-corrected chi connectivity index (χ3v) is 4.53. The van der Waals surface area contributed by atoms with Crippen LogP contribution < -0.4 is 10.6 Å². The molecule has 0 aliphatic carbocycles. The van der Waals surface area contributed by atoms with E-state index in [1.165, 1.54) is 12.8 Å². The van der Waals surface area contributed by atoms with Crippen LogP contribution in [0, 0.1) is 0 Å². The van der Waals surface area contributed by atoms with E-state index in [-0.39, 0.29) is 11.8 Å². The van der Waals surface area contributed by atoms with Crippen LogP contribution in [0.5, 0.6) is 0 Å². The fourth-order valence-electron chi connectivity index (χ4n) is 2.11. The van der Waals surface area contributed by atoms with Crippen molar-refractivity contribution in [1.82, 2.24) is 9.97 Å². The summed E-state index contributed by atoms with van der Waals surface area (Å²) in [5, 5.41) is 6.18. The lowest BCUT2D eigenvalue weighted by molar-refractivity contribution is -0.141. The number of anilines is 2. The molecule has 0 spiro atoms. The zero-order valence-corrected chi connectivity index (χ0v) is 12.7. The molecule has 1 saturated heterocycles. The first-order chi connectivity index (χ1) is 9.99. The standard InChI is InChI=1S/C13H19F3N4S/c1-2-17-12-19-10(13(14,15)16)7-11(20-12)18-8-9-5-3-4-6-21-9/h7,9H,2-6,8H2,1H3,(H2,17,18,19,20). The summed E-state index contributed by atoms with van der Waals surface area (Å²) in [7, 11) is 0. The lowest BCUT2D eigenvalue weighted by atomic mass is 10.2. The predicted octanol–water partition coefficient (Wildman–Crippen LogP) is 3.62. The first kappa shape index (κ1) is 16.2. The Hall–Kier alpha value is -1.18. The van der Waals surface area contributed by atoms with Gasteiger partial charge in [-0.25, -0.2) is 4.98 Å². The van der Waals surface area contributed by atoms with Crippen molar-refractivity contribution in [3.8, 4) is 0 Å². The number of rotatable bonds is 5. The zero-order chi connectivity index (χ0) is 15.3. The maximum absolute atomic E-state index is 12.8. The summed E-state index contributed by atoms with van der Waals surface area (Å²) in [6.07, 6.45) is -0.977. The summed E-state index contributed by atoms with van der Waals surface area (Å²) in [6.45, 7) is 2.89. The molecule has 0 radical (unpaired) electrons. The lowest BCUT2D eigenvalue weighted by Crippen LogP contribution is -2.21. The van der Waals surface area contributed by atoms with Crippen molar-refractivity contribution >= 4 is 23.5 Å². The van der Waals surface area contributed by atoms with Gasteiger partial charge in [0, 0.05) is 24.4 Å². The molecule has 0 saturated carbocycles. The number of hydrogen-bond donors (Lipinski definition) is 2. The Labute approximate surface area is 126 Å². The lowest BCUT2D eigenvalue weighted by Gasteiger charge is -2.22. The molecule has 21 heavy (non-hydrogen) atoms. The molecule has 1 aliphatic heterocycles. The van der Waals surface area contributed by atoms with Crippen LogP contribution in [0.4, 0.5) is 24.9 Å². The summed E-state index contributed by atoms with van der Waals surface area (Å²) in [4.78, 5) is 7.58. The summed E-state index contributed by atoms with van der Waals surface area (Å²) in [6, 6.07) is 0.967. The molecule has 8 heteroatoms. The Morgan fingerprint density at radius 1 is 1.29 bits per heavy atom. The molecule has 0 bridgehead atoms. The van der Waals surface area contributed by atoms with Crippen LogP contribution in [0.15, 0.2) is 6.07 Å². The maximum atomic E-state index is 12.8. The number of nitrogens with one attached hydrogen (secondary N) is 2. The molecule has 0 amide bonds. The van der Waals surface area contributed by atoms with Crippen LogP contribution >= 0.6 is 11.8 Å². The van der Waals surface area contributed by atoms with Crippen LogP contribution in [-0.4, -0.2) is 34.1 Å². The highest BCUT2D eigenvalue weighted by Gasteiger charge is 2.33. The van der Waals surface area contributed by atoms with Gasteiger partial charge in [-0.15, -0.1) is 0 Å². The van der Waals surface area contributed by atoms with E-state index >= 15 is 0 Å². The SMILES string of the molecule is CCNc1nc(NCC2CCCCS2)cc(C(F)(F)F)n1. The van der Waals surface area contributed by atoms with Gasteiger partial charge >= 0.3 is 6.18 Å². The van der Waals surface area contributed by atoms with Gasteiger partial charge in [0.05, 0.1) is 0 Å². The molecule has 1 aromatic heterocycles. The molecular formula is C13H19F3N4S. The summed E-state index contributed by atoms with van der Waals surface area (Å²) in [5.74, 6) is 1.35. The third-order valence-electron chi connectivity index (χ3n) is 3.14. The molecule has 2 heterocycles. The fourth-order valence-corrected chi connectivity index (χ4v) is 3.35. The number of nitrogens with zero attached hydrogens (tertiary/aromatic N) is 2. The predicted molar refractivity (Wildman–Crippen MR) is 79.8 cm³/mol. The largest absolute Gasteiger partial charge is 0.433 e. The molecule has 1 fully saturated rings. The van der Waals surface area contributed by atoms with E-state index in [1.54, 1.807) is 6.92 Å². The quantitative estimate of drug-likeness (QED) is 0.868. The van der Waals surface area contributed by atoms with Gasteiger partial charge in [-0.3, -0.25) is 0 Å². The van der Waals surface area contributed by atoms with Crippen LogP contribution in [0.1, 0.15) is 31.9 Å². The van der Waals surface area contributed by atoms with E-state index in [4.69, 9.17) is 0 Å². The Morgan fingerprint density at radius 2 is 2.10 bits per heavy atom. The molecule has 1 atom stereocenters. The first-order valence-corrected chi connectivity index (χ1v) is 8.09. The fraction of sp³-hybridized carbons (Fsp3) is 0.692. The normalized spacial score (nSPS) is 19.3. The van der Waals surface area contributed by atoms with Crippen LogP contribution in [0.2, 0.25) is 0 Å². The molecule has 1 unspecified atom stereocenters. The van der Waals surface area contributed by atoms with Crippen molar-refractivity contribution in [2.24, 2.45) is 0 Å². The van der Waals surface area contributed by atoms with E-state index in [0.29, 0.717) is 18.3 Å². The van der Waals surface area contributed by atoms with Gasteiger partial charge in [-0.1, -0.05) is 6.42 Å². The number of hydrogen-bond acceptors (Lipinski definition) is 5. The number of thioether (sulfide) groups is 1. The average Bonchev–Trinajstić information content (AvgIpc) is 2.45. The Kier molecular flexibility index (Phi) is 5.55. The van der Waals surface area contributed by atoms with E-state index < -0.39 is 11.9 Å². The zero-order valence-electron chi connectivity index (χ0n) is 11.8. The highest BCUT2D eigenvalue weighted by atomic mass is 32.2. The summed E-state index contributed by atoms with van der Waals surface area (Å²) in [5.41, 5.74) is -0.924. The molecule has 0 aromatic carbocycles. The summed E-state index contributed by atoms with van der Waals surface area (Å²) >= 11 is 1.86. The molecule has 118 valence electrons. The van der Waals surface area contributed by atoms with Gasteiger partial charge in [-0.2, -0.15) is 29.9 Å². The second-order valence-corrected chi connectivity index (χ2v) is 6.27. The van der Waals surface area contributed by atoms with Crippen molar-refractivity contribution in [3.63, 3.8) is 0 Å². The first-order valence-electron chi connectivity index (χ1n) is 7.04. The van der Waals surface area contributed by atoms with Crippen LogP contribution in [-0.2, 0) is 6.18 Å². The van der Waals surface area contributed by atoms with Crippen molar-refractivity contribution in [1.29, 1.82) is 0 Å². The van der Waals surface area contributed by atoms with Crippen molar-refractivity contribution in [2.75, 3.05) is 29.5 Å². The number of aromatic nitrogens is 2. The van der Waals surface area contributed by atoms with Crippen molar-refractivity contribution < 1.29 is 13.2 Å². The van der Waals surface area contributed by atoms with Gasteiger partial charge < -0.3 is 10.6 Å². The molecule has 4 nitrogen and oxygen atoms in total. The Balaban J connectivity index is 2.07.